The highest BCUT2D eigenvalue weighted by molar-refractivity contribution is 5.93. The maximum absolute atomic E-state index is 13.3. The van der Waals surface area contributed by atoms with Gasteiger partial charge in [-0.1, -0.05) is 54.6 Å². The second kappa shape index (κ2) is 7.37. The third kappa shape index (κ3) is 3.00. The van der Waals surface area contributed by atoms with E-state index < -0.39 is 5.60 Å². The molecule has 0 aliphatic carbocycles. The summed E-state index contributed by atoms with van der Waals surface area (Å²) >= 11 is 0. The number of benzene rings is 3. The molecule has 0 N–H and O–H groups in total. The van der Waals surface area contributed by atoms with Crippen LogP contribution in [0.2, 0.25) is 0 Å². The van der Waals surface area contributed by atoms with E-state index in [2.05, 4.69) is 0 Å². The maximum atomic E-state index is 13.3. The Labute approximate surface area is 164 Å². The van der Waals surface area contributed by atoms with E-state index in [9.17, 15) is 4.79 Å². The third-order valence-corrected chi connectivity index (χ3v) is 4.94. The average molecular weight is 375 g/mol. The number of nitrogens with zero attached hydrogens (tertiary/aromatic N) is 1. The summed E-state index contributed by atoms with van der Waals surface area (Å²) in [6.07, 6.45) is 0. The van der Waals surface area contributed by atoms with Gasteiger partial charge in [-0.25, -0.2) is 9.90 Å². The number of hydrogen-bond acceptors (Lipinski definition) is 4. The summed E-state index contributed by atoms with van der Waals surface area (Å²) in [5, 5.41) is 1.41. The van der Waals surface area contributed by atoms with Gasteiger partial charge in [0.25, 0.3) is 5.91 Å². The number of hydrogen-bond donors (Lipinski definition) is 0. The highest BCUT2D eigenvalue weighted by Gasteiger charge is 2.57. The first-order valence-electron chi connectivity index (χ1n) is 9.01. The van der Waals surface area contributed by atoms with Crippen LogP contribution in [0, 0.1) is 0 Å². The topological polar surface area (TPSA) is 48.0 Å². The van der Waals surface area contributed by atoms with Gasteiger partial charge in [-0.3, -0.25) is 4.79 Å². The van der Waals surface area contributed by atoms with Crippen LogP contribution < -0.4 is 9.47 Å². The molecule has 3 aromatic rings. The Bertz CT molecular complexity index is 905. The van der Waals surface area contributed by atoms with Gasteiger partial charge in [-0.2, -0.15) is 0 Å². The predicted octanol–water partition coefficient (Wildman–Crippen LogP) is 3.92. The largest absolute Gasteiger partial charge is 0.497 e. The van der Waals surface area contributed by atoms with Crippen molar-refractivity contribution in [3.05, 3.63) is 95.6 Å². The zero-order chi connectivity index (χ0) is 19.6. The minimum absolute atomic E-state index is 0.105. The van der Waals surface area contributed by atoms with Crippen molar-refractivity contribution in [2.24, 2.45) is 0 Å². The number of methoxy groups -OCH3 is 2. The fourth-order valence-corrected chi connectivity index (χ4v) is 3.41. The van der Waals surface area contributed by atoms with Crippen LogP contribution in [0.15, 0.2) is 78.9 Å². The molecule has 1 fully saturated rings. The first-order valence-corrected chi connectivity index (χ1v) is 9.01. The summed E-state index contributed by atoms with van der Waals surface area (Å²) in [5.74, 6) is 1.34. The fraction of sp³-hybridized carbons (Fsp3) is 0.174. The van der Waals surface area contributed by atoms with Gasteiger partial charge in [-0.15, -0.1) is 0 Å². The van der Waals surface area contributed by atoms with E-state index in [0.717, 1.165) is 28.2 Å². The van der Waals surface area contributed by atoms with Crippen LogP contribution in [-0.4, -0.2) is 25.2 Å². The summed E-state index contributed by atoms with van der Waals surface area (Å²) < 4.78 is 10.5. The van der Waals surface area contributed by atoms with E-state index >= 15 is 0 Å². The van der Waals surface area contributed by atoms with Crippen LogP contribution in [0.25, 0.3) is 0 Å². The molecule has 0 spiro atoms. The summed E-state index contributed by atoms with van der Waals surface area (Å²) in [6.45, 7) is 0.397. The van der Waals surface area contributed by atoms with Gasteiger partial charge in [0.15, 0.2) is 0 Å². The molecule has 142 valence electrons. The van der Waals surface area contributed by atoms with Crippen LogP contribution >= 0.6 is 0 Å². The van der Waals surface area contributed by atoms with E-state index in [0.29, 0.717) is 6.54 Å². The lowest BCUT2D eigenvalue weighted by atomic mass is 9.83. The Morgan fingerprint density at radius 2 is 1.29 bits per heavy atom. The number of rotatable bonds is 6. The lowest BCUT2D eigenvalue weighted by Gasteiger charge is -2.48. The Morgan fingerprint density at radius 1 is 0.786 bits per heavy atom. The Balaban J connectivity index is 1.69. The Hall–Kier alpha value is -3.31. The second-order valence-corrected chi connectivity index (χ2v) is 6.56. The van der Waals surface area contributed by atoms with Crippen LogP contribution in [0.1, 0.15) is 16.7 Å². The molecule has 0 bridgehead atoms. The summed E-state index contributed by atoms with van der Waals surface area (Å²) in [4.78, 5) is 19.5. The van der Waals surface area contributed by atoms with E-state index in [1.165, 1.54) is 5.06 Å². The molecule has 0 atom stereocenters. The number of amides is 1. The van der Waals surface area contributed by atoms with Crippen molar-refractivity contribution in [3.8, 4) is 11.5 Å². The third-order valence-electron chi connectivity index (χ3n) is 4.94. The number of ether oxygens (including phenoxy) is 2. The summed E-state index contributed by atoms with van der Waals surface area (Å²) in [5.41, 5.74) is 1.35. The van der Waals surface area contributed by atoms with E-state index in [-0.39, 0.29) is 5.91 Å². The van der Waals surface area contributed by atoms with Gasteiger partial charge in [0.1, 0.15) is 11.5 Å². The molecule has 5 heteroatoms. The van der Waals surface area contributed by atoms with Crippen molar-refractivity contribution in [3.63, 3.8) is 0 Å². The molecule has 0 saturated carbocycles. The quantitative estimate of drug-likeness (QED) is 0.655. The van der Waals surface area contributed by atoms with Crippen LogP contribution in [0.3, 0.4) is 0 Å². The number of carbonyl (C=O) groups excluding carboxylic acids is 1. The van der Waals surface area contributed by atoms with E-state index in [1.54, 1.807) is 14.2 Å². The molecule has 0 aromatic heterocycles. The second-order valence-electron chi connectivity index (χ2n) is 6.56. The highest BCUT2D eigenvalue weighted by Crippen LogP contribution is 2.45. The number of carbonyl (C=O) groups is 1. The minimum Gasteiger partial charge on any atom is -0.497 e. The maximum Gasteiger partial charge on any atom is 0.290 e. The van der Waals surface area contributed by atoms with Crippen molar-refractivity contribution < 1.29 is 19.1 Å². The molecule has 0 radical (unpaired) electrons. The monoisotopic (exact) mass is 375 g/mol. The first-order chi connectivity index (χ1) is 13.7. The molecule has 0 unspecified atom stereocenters. The zero-order valence-electron chi connectivity index (χ0n) is 15.8. The molecular formula is C23H21NO4. The molecule has 3 aromatic carbocycles. The minimum atomic E-state index is -1.17. The molecule has 4 rings (SSSR count). The summed E-state index contributed by atoms with van der Waals surface area (Å²) in [6, 6.07) is 24.5. The van der Waals surface area contributed by atoms with Crippen molar-refractivity contribution in [2.75, 3.05) is 14.2 Å². The Morgan fingerprint density at radius 3 is 1.71 bits per heavy atom. The molecule has 28 heavy (non-hydrogen) atoms. The molecule has 1 aliphatic rings. The van der Waals surface area contributed by atoms with Gasteiger partial charge in [0.05, 0.1) is 20.8 Å². The van der Waals surface area contributed by atoms with Gasteiger partial charge < -0.3 is 9.47 Å². The van der Waals surface area contributed by atoms with Gasteiger partial charge >= 0.3 is 0 Å². The van der Waals surface area contributed by atoms with Crippen molar-refractivity contribution in [1.82, 2.24) is 5.06 Å². The van der Waals surface area contributed by atoms with Crippen molar-refractivity contribution >= 4 is 5.91 Å². The Kier molecular flexibility index (Phi) is 4.75. The van der Waals surface area contributed by atoms with Gasteiger partial charge in [0, 0.05) is 11.1 Å². The van der Waals surface area contributed by atoms with Gasteiger partial charge in [0.2, 0.25) is 5.60 Å². The van der Waals surface area contributed by atoms with Crippen LogP contribution in [0.5, 0.6) is 11.5 Å². The molecule has 1 heterocycles. The molecular weight excluding hydrogens is 354 g/mol. The lowest BCUT2D eigenvalue weighted by Crippen LogP contribution is -2.62. The molecule has 1 amide bonds. The molecule has 5 nitrogen and oxygen atoms in total. The van der Waals surface area contributed by atoms with Crippen molar-refractivity contribution in [1.29, 1.82) is 0 Å². The molecule has 1 saturated heterocycles. The van der Waals surface area contributed by atoms with Crippen LogP contribution in [-0.2, 0) is 21.8 Å². The number of hydroxylamine groups is 2. The highest BCUT2D eigenvalue weighted by atomic mass is 16.7. The van der Waals surface area contributed by atoms with Crippen LogP contribution in [0.4, 0.5) is 0 Å². The summed E-state index contributed by atoms with van der Waals surface area (Å²) in [7, 11) is 3.22. The molecule has 1 aliphatic heterocycles. The lowest BCUT2D eigenvalue weighted by molar-refractivity contribution is -0.304. The predicted molar refractivity (Wildman–Crippen MR) is 105 cm³/mol. The standard InChI is InChI=1S/C23H21NO4/c1-26-20-12-8-18(9-13-20)23(19-10-14-21(27-2)15-11-19)22(25)24(28-23)16-17-6-4-3-5-7-17/h3-15H,16H2,1-2H3. The first kappa shape index (κ1) is 18.1. The normalized spacial score (nSPS) is 15.1. The fourth-order valence-electron chi connectivity index (χ4n) is 3.41. The SMILES string of the molecule is COc1ccc(C2(c3ccc(OC)cc3)ON(Cc3ccccc3)C2=O)cc1. The van der Waals surface area contributed by atoms with Gasteiger partial charge in [-0.05, 0) is 29.8 Å². The van der Waals surface area contributed by atoms with Crippen molar-refractivity contribution in [2.45, 2.75) is 12.1 Å². The van der Waals surface area contributed by atoms with E-state index in [4.69, 9.17) is 14.3 Å². The zero-order valence-corrected chi connectivity index (χ0v) is 15.8. The smallest absolute Gasteiger partial charge is 0.290 e. The van der Waals surface area contributed by atoms with E-state index in [1.807, 2.05) is 78.9 Å². The average Bonchev–Trinajstić information content (AvgIpc) is 2.77.